The van der Waals surface area contributed by atoms with Crippen LogP contribution in [0.3, 0.4) is 0 Å². The van der Waals surface area contributed by atoms with Crippen LogP contribution < -0.4 is 4.90 Å². The molecular weight excluding hydrogens is 198 g/mol. The number of nitrogens with zero attached hydrogens (tertiary/aromatic N) is 1. The van der Waals surface area contributed by atoms with Gasteiger partial charge in [0, 0.05) is 24.3 Å². The van der Waals surface area contributed by atoms with Crippen LogP contribution in [0.2, 0.25) is 0 Å². The average Bonchev–Trinajstić information content (AvgIpc) is 2.38. The maximum atomic E-state index is 11.0. The summed E-state index contributed by atoms with van der Waals surface area (Å²) in [5.41, 5.74) is 1.93. The molecule has 1 heterocycles. The highest BCUT2D eigenvalue weighted by atomic mass is 16.1. The highest BCUT2D eigenvalue weighted by Crippen LogP contribution is 2.26. The molecule has 0 radical (unpaired) electrons. The van der Waals surface area contributed by atoms with Gasteiger partial charge in [-0.25, -0.2) is 0 Å². The molecule has 2 nitrogen and oxygen atoms in total. The predicted octanol–water partition coefficient (Wildman–Crippen LogP) is 3.13. The number of hydrogen-bond donors (Lipinski definition) is 0. The minimum atomic E-state index is 0.786. The summed E-state index contributed by atoms with van der Waals surface area (Å²) >= 11 is 0. The molecule has 0 N–H and O–H groups in total. The summed E-state index contributed by atoms with van der Waals surface area (Å²) in [4.78, 5) is 13.4. The Morgan fingerprint density at radius 1 is 1.44 bits per heavy atom. The van der Waals surface area contributed by atoms with Gasteiger partial charge in [0.2, 0.25) is 0 Å². The van der Waals surface area contributed by atoms with Crippen LogP contribution in [0.15, 0.2) is 24.3 Å². The molecular formula is C14H19NO. The number of aldehydes is 1. The van der Waals surface area contributed by atoms with E-state index >= 15 is 0 Å². The van der Waals surface area contributed by atoms with Crippen LogP contribution in [0.1, 0.15) is 36.5 Å². The van der Waals surface area contributed by atoms with Gasteiger partial charge in [0.05, 0.1) is 0 Å². The Bertz CT molecular complexity index is 362. The van der Waals surface area contributed by atoms with E-state index < -0.39 is 0 Å². The first kappa shape index (κ1) is 11.2. The molecule has 1 aliphatic heterocycles. The minimum absolute atomic E-state index is 0.786. The molecule has 2 heteroatoms. The number of benzene rings is 1. The first-order chi connectivity index (χ1) is 7.85. The Kier molecular flexibility index (Phi) is 3.60. The van der Waals surface area contributed by atoms with Crippen molar-refractivity contribution in [2.45, 2.75) is 26.2 Å². The van der Waals surface area contributed by atoms with Gasteiger partial charge in [-0.1, -0.05) is 25.5 Å². The monoisotopic (exact) mass is 217 g/mol. The minimum Gasteiger partial charge on any atom is -0.371 e. The van der Waals surface area contributed by atoms with E-state index in [1.165, 1.54) is 19.3 Å². The summed E-state index contributed by atoms with van der Waals surface area (Å²) in [6.45, 7) is 4.43. The Morgan fingerprint density at radius 3 is 3.00 bits per heavy atom. The van der Waals surface area contributed by atoms with E-state index in [9.17, 15) is 4.79 Å². The van der Waals surface area contributed by atoms with Gasteiger partial charge in [0.1, 0.15) is 0 Å². The van der Waals surface area contributed by atoms with Crippen molar-refractivity contribution in [1.29, 1.82) is 0 Å². The average molecular weight is 217 g/mol. The number of hydrogen-bond acceptors (Lipinski definition) is 2. The van der Waals surface area contributed by atoms with Crippen molar-refractivity contribution >= 4 is 12.0 Å². The molecule has 1 fully saturated rings. The van der Waals surface area contributed by atoms with Crippen molar-refractivity contribution in [3.63, 3.8) is 0 Å². The van der Waals surface area contributed by atoms with Gasteiger partial charge < -0.3 is 4.90 Å². The van der Waals surface area contributed by atoms with Gasteiger partial charge in [0.15, 0.2) is 6.29 Å². The number of carbonyl (C=O) groups is 1. The molecule has 16 heavy (non-hydrogen) atoms. The normalized spacial score (nSPS) is 20.8. The maximum absolute atomic E-state index is 11.0. The molecule has 0 bridgehead atoms. The smallest absolute Gasteiger partial charge is 0.152 e. The van der Waals surface area contributed by atoms with Crippen LogP contribution in [0.5, 0.6) is 0 Å². The first-order valence-corrected chi connectivity index (χ1v) is 6.14. The fourth-order valence-corrected chi connectivity index (χ4v) is 2.49. The van der Waals surface area contributed by atoms with Crippen LogP contribution in [0, 0.1) is 5.92 Å². The summed E-state index contributed by atoms with van der Waals surface area (Å²) in [6.07, 6.45) is 4.77. The Morgan fingerprint density at radius 2 is 2.25 bits per heavy atom. The van der Waals surface area contributed by atoms with Crippen molar-refractivity contribution in [2.75, 3.05) is 18.0 Å². The molecule has 1 aliphatic rings. The molecule has 86 valence electrons. The summed E-state index contributed by atoms with van der Waals surface area (Å²) in [7, 11) is 0. The third-order valence-electron chi connectivity index (χ3n) is 3.50. The molecule has 0 aliphatic carbocycles. The molecule has 1 aromatic carbocycles. The van der Waals surface area contributed by atoms with Gasteiger partial charge in [-0.2, -0.15) is 0 Å². The number of carbonyl (C=O) groups excluding carboxylic acids is 1. The van der Waals surface area contributed by atoms with E-state index in [0.29, 0.717) is 0 Å². The third kappa shape index (κ3) is 2.26. The molecule has 0 aromatic heterocycles. The Balaban J connectivity index is 2.19. The summed E-state index contributed by atoms with van der Waals surface area (Å²) < 4.78 is 0. The Labute approximate surface area is 97.3 Å². The first-order valence-electron chi connectivity index (χ1n) is 6.14. The van der Waals surface area contributed by atoms with E-state index in [1.54, 1.807) is 0 Å². The molecule has 1 unspecified atom stereocenters. The van der Waals surface area contributed by atoms with Crippen molar-refractivity contribution in [2.24, 2.45) is 5.92 Å². The second-order valence-corrected chi connectivity index (χ2v) is 4.54. The van der Waals surface area contributed by atoms with E-state index in [1.807, 2.05) is 18.2 Å². The van der Waals surface area contributed by atoms with Crippen molar-refractivity contribution in [3.8, 4) is 0 Å². The van der Waals surface area contributed by atoms with Crippen LogP contribution in [0.25, 0.3) is 0 Å². The molecule has 0 spiro atoms. The number of para-hydroxylation sites is 1. The maximum Gasteiger partial charge on any atom is 0.152 e. The molecule has 1 aromatic rings. The topological polar surface area (TPSA) is 20.3 Å². The standard InChI is InChI=1S/C14H19NO/c1-2-12-6-5-9-15(10-12)14-8-4-3-7-13(14)11-16/h3-4,7-8,11-12H,2,5-6,9-10H2,1H3. The van der Waals surface area contributed by atoms with E-state index in [4.69, 9.17) is 0 Å². The van der Waals surface area contributed by atoms with Crippen LogP contribution in [-0.4, -0.2) is 19.4 Å². The number of piperidine rings is 1. The van der Waals surface area contributed by atoms with Gasteiger partial charge in [-0.05, 0) is 30.9 Å². The number of rotatable bonds is 3. The summed E-state index contributed by atoms with van der Waals surface area (Å²) in [5, 5.41) is 0. The van der Waals surface area contributed by atoms with Gasteiger partial charge in [-0.15, -0.1) is 0 Å². The summed E-state index contributed by atoms with van der Waals surface area (Å²) in [6, 6.07) is 7.89. The van der Waals surface area contributed by atoms with E-state index in [0.717, 1.165) is 36.5 Å². The van der Waals surface area contributed by atoms with Gasteiger partial charge >= 0.3 is 0 Å². The lowest BCUT2D eigenvalue weighted by atomic mass is 9.95. The third-order valence-corrected chi connectivity index (χ3v) is 3.50. The zero-order valence-electron chi connectivity index (χ0n) is 9.86. The second kappa shape index (κ2) is 5.15. The lowest BCUT2D eigenvalue weighted by Gasteiger charge is -2.34. The zero-order chi connectivity index (χ0) is 11.4. The van der Waals surface area contributed by atoms with E-state index in [-0.39, 0.29) is 0 Å². The predicted molar refractivity (Wildman–Crippen MR) is 67.1 cm³/mol. The molecule has 2 rings (SSSR count). The SMILES string of the molecule is CCC1CCCN(c2ccccc2C=O)C1. The molecule has 1 atom stereocenters. The lowest BCUT2D eigenvalue weighted by Crippen LogP contribution is -2.35. The van der Waals surface area contributed by atoms with Gasteiger partial charge in [0.25, 0.3) is 0 Å². The highest BCUT2D eigenvalue weighted by Gasteiger charge is 2.19. The Hall–Kier alpha value is -1.31. The number of anilines is 1. The van der Waals surface area contributed by atoms with Crippen LogP contribution in [-0.2, 0) is 0 Å². The fourth-order valence-electron chi connectivity index (χ4n) is 2.49. The highest BCUT2D eigenvalue weighted by molar-refractivity contribution is 5.84. The quantitative estimate of drug-likeness (QED) is 0.725. The van der Waals surface area contributed by atoms with Crippen molar-refractivity contribution in [3.05, 3.63) is 29.8 Å². The second-order valence-electron chi connectivity index (χ2n) is 4.54. The molecule has 1 saturated heterocycles. The van der Waals surface area contributed by atoms with Gasteiger partial charge in [-0.3, -0.25) is 4.79 Å². The van der Waals surface area contributed by atoms with Crippen LogP contribution >= 0.6 is 0 Å². The summed E-state index contributed by atoms with van der Waals surface area (Å²) in [5.74, 6) is 0.786. The van der Waals surface area contributed by atoms with Crippen molar-refractivity contribution < 1.29 is 4.79 Å². The largest absolute Gasteiger partial charge is 0.371 e. The zero-order valence-corrected chi connectivity index (χ0v) is 9.86. The molecule has 0 amide bonds. The van der Waals surface area contributed by atoms with Crippen molar-refractivity contribution in [1.82, 2.24) is 0 Å². The van der Waals surface area contributed by atoms with E-state index in [2.05, 4.69) is 17.9 Å². The molecule has 0 saturated carbocycles. The fraction of sp³-hybridized carbons (Fsp3) is 0.500. The lowest BCUT2D eigenvalue weighted by molar-refractivity contribution is 0.112. The van der Waals surface area contributed by atoms with Crippen LogP contribution in [0.4, 0.5) is 5.69 Å².